The van der Waals surface area contributed by atoms with E-state index in [0.717, 1.165) is 12.0 Å². The molecule has 0 N–H and O–H groups in total. The lowest BCUT2D eigenvalue weighted by molar-refractivity contribution is 0.430. The largest absolute Gasteiger partial charge is 0.454 e. The minimum absolute atomic E-state index is 0.221. The number of ether oxygens (including phenoxy) is 1. The molecular formula is C17H18ClFO. The van der Waals surface area contributed by atoms with Crippen molar-refractivity contribution in [1.29, 1.82) is 0 Å². The molecular weight excluding hydrogens is 275 g/mol. The highest BCUT2D eigenvalue weighted by molar-refractivity contribution is 6.17. The summed E-state index contributed by atoms with van der Waals surface area (Å²) in [4.78, 5) is 0. The Bertz CT molecular complexity index is 583. The summed E-state index contributed by atoms with van der Waals surface area (Å²) in [5, 5.41) is 0. The Kier molecular flexibility index (Phi) is 5.02. The van der Waals surface area contributed by atoms with E-state index in [1.807, 2.05) is 24.3 Å². The van der Waals surface area contributed by atoms with Gasteiger partial charge in [0, 0.05) is 5.56 Å². The number of alkyl halides is 1. The molecule has 0 aliphatic heterocycles. The van der Waals surface area contributed by atoms with Crippen LogP contribution in [-0.4, -0.2) is 0 Å². The van der Waals surface area contributed by atoms with Crippen molar-refractivity contribution >= 4 is 11.6 Å². The van der Waals surface area contributed by atoms with E-state index in [4.69, 9.17) is 16.3 Å². The summed E-state index contributed by atoms with van der Waals surface area (Å²) < 4.78 is 19.8. The van der Waals surface area contributed by atoms with Crippen molar-refractivity contribution in [2.24, 2.45) is 0 Å². The van der Waals surface area contributed by atoms with Crippen LogP contribution in [0.3, 0.4) is 0 Å². The second kappa shape index (κ2) is 6.76. The highest BCUT2D eigenvalue weighted by Crippen LogP contribution is 2.35. The first-order valence-corrected chi connectivity index (χ1v) is 7.31. The summed E-state index contributed by atoms with van der Waals surface area (Å²) in [7, 11) is 0. The fourth-order valence-corrected chi connectivity index (χ4v) is 2.29. The number of hydrogen-bond donors (Lipinski definition) is 0. The van der Waals surface area contributed by atoms with E-state index in [-0.39, 0.29) is 17.4 Å². The van der Waals surface area contributed by atoms with E-state index in [1.54, 1.807) is 12.1 Å². The van der Waals surface area contributed by atoms with Crippen LogP contribution in [0.2, 0.25) is 0 Å². The van der Waals surface area contributed by atoms with Gasteiger partial charge in [-0.05, 0) is 30.0 Å². The Morgan fingerprint density at radius 3 is 2.60 bits per heavy atom. The molecule has 106 valence electrons. The molecule has 0 heterocycles. The molecule has 0 fully saturated rings. The van der Waals surface area contributed by atoms with E-state index < -0.39 is 0 Å². The standard InChI is InChI=1S/C17H18ClFO/c1-3-12(2)14-8-4-5-10-16(14)20-17-13(11-18)7-6-9-15(17)19/h4-10,12H,3,11H2,1-2H3. The van der Waals surface area contributed by atoms with Crippen LogP contribution >= 0.6 is 11.6 Å². The normalized spacial score (nSPS) is 12.2. The number of rotatable bonds is 5. The molecule has 0 amide bonds. The lowest BCUT2D eigenvalue weighted by Crippen LogP contribution is -1.99. The first kappa shape index (κ1) is 14.9. The van der Waals surface area contributed by atoms with Gasteiger partial charge in [-0.2, -0.15) is 0 Å². The molecule has 0 aromatic heterocycles. The summed E-state index contributed by atoms with van der Waals surface area (Å²) in [6.45, 7) is 4.25. The molecule has 0 aliphatic carbocycles. The van der Waals surface area contributed by atoms with Crippen LogP contribution in [0.15, 0.2) is 42.5 Å². The van der Waals surface area contributed by atoms with Crippen LogP contribution in [0.5, 0.6) is 11.5 Å². The van der Waals surface area contributed by atoms with Gasteiger partial charge in [0.15, 0.2) is 11.6 Å². The number of benzene rings is 2. The molecule has 0 saturated carbocycles. The average Bonchev–Trinajstić information content (AvgIpc) is 2.49. The van der Waals surface area contributed by atoms with Crippen molar-refractivity contribution in [3.63, 3.8) is 0 Å². The molecule has 0 saturated heterocycles. The van der Waals surface area contributed by atoms with Gasteiger partial charge in [-0.1, -0.05) is 44.2 Å². The zero-order valence-corrected chi connectivity index (χ0v) is 12.5. The molecule has 1 unspecified atom stereocenters. The van der Waals surface area contributed by atoms with E-state index in [2.05, 4.69) is 13.8 Å². The maximum Gasteiger partial charge on any atom is 0.167 e. The molecule has 0 bridgehead atoms. The smallest absolute Gasteiger partial charge is 0.167 e. The first-order chi connectivity index (χ1) is 9.67. The Labute approximate surface area is 124 Å². The summed E-state index contributed by atoms with van der Waals surface area (Å²) in [6.07, 6.45) is 1.00. The quantitative estimate of drug-likeness (QED) is 0.626. The van der Waals surface area contributed by atoms with Gasteiger partial charge in [-0.25, -0.2) is 4.39 Å². The second-order valence-electron chi connectivity index (χ2n) is 4.81. The third kappa shape index (κ3) is 3.13. The van der Waals surface area contributed by atoms with Gasteiger partial charge in [0.2, 0.25) is 0 Å². The molecule has 1 nitrogen and oxygen atoms in total. The van der Waals surface area contributed by atoms with Crippen molar-refractivity contribution in [3.8, 4) is 11.5 Å². The lowest BCUT2D eigenvalue weighted by atomic mass is 9.98. The zero-order valence-electron chi connectivity index (χ0n) is 11.7. The van der Waals surface area contributed by atoms with E-state index in [9.17, 15) is 4.39 Å². The monoisotopic (exact) mass is 292 g/mol. The van der Waals surface area contributed by atoms with Crippen molar-refractivity contribution < 1.29 is 9.13 Å². The maximum atomic E-state index is 14.0. The SMILES string of the molecule is CCC(C)c1ccccc1Oc1c(F)cccc1CCl. The number of para-hydroxylation sites is 2. The molecule has 3 heteroatoms. The minimum atomic E-state index is -0.387. The molecule has 0 aliphatic rings. The Balaban J connectivity index is 2.40. The molecule has 0 radical (unpaired) electrons. The fourth-order valence-electron chi connectivity index (χ4n) is 2.08. The Hall–Kier alpha value is -1.54. The van der Waals surface area contributed by atoms with Crippen LogP contribution in [0, 0.1) is 5.82 Å². The van der Waals surface area contributed by atoms with Gasteiger partial charge in [0.05, 0.1) is 5.88 Å². The molecule has 0 spiro atoms. The maximum absolute atomic E-state index is 14.0. The van der Waals surface area contributed by atoms with Crippen molar-refractivity contribution in [2.75, 3.05) is 0 Å². The van der Waals surface area contributed by atoms with E-state index in [1.165, 1.54) is 6.07 Å². The summed E-state index contributed by atoms with van der Waals surface area (Å²) in [5.74, 6) is 1.11. The second-order valence-corrected chi connectivity index (χ2v) is 5.08. The number of hydrogen-bond acceptors (Lipinski definition) is 1. The predicted molar refractivity (Wildman–Crippen MR) is 81.2 cm³/mol. The third-order valence-corrected chi connectivity index (χ3v) is 3.75. The van der Waals surface area contributed by atoms with Gasteiger partial charge in [0.1, 0.15) is 5.75 Å². The fraction of sp³-hybridized carbons (Fsp3) is 0.294. The highest BCUT2D eigenvalue weighted by atomic mass is 35.5. The number of halogens is 2. The average molecular weight is 293 g/mol. The first-order valence-electron chi connectivity index (χ1n) is 6.77. The summed E-state index contributed by atoms with van der Waals surface area (Å²) >= 11 is 5.85. The van der Waals surface area contributed by atoms with Crippen molar-refractivity contribution in [3.05, 3.63) is 59.4 Å². The highest BCUT2D eigenvalue weighted by Gasteiger charge is 2.14. The van der Waals surface area contributed by atoms with Gasteiger partial charge in [-0.3, -0.25) is 0 Å². The van der Waals surface area contributed by atoms with E-state index in [0.29, 0.717) is 17.2 Å². The Morgan fingerprint density at radius 2 is 1.90 bits per heavy atom. The van der Waals surface area contributed by atoms with Crippen LogP contribution in [-0.2, 0) is 5.88 Å². The third-order valence-electron chi connectivity index (χ3n) is 3.47. The van der Waals surface area contributed by atoms with E-state index >= 15 is 0 Å². The molecule has 2 aromatic rings. The van der Waals surface area contributed by atoms with Gasteiger partial charge in [-0.15, -0.1) is 11.6 Å². The van der Waals surface area contributed by atoms with Crippen LogP contribution in [0.4, 0.5) is 4.39 Å². The van der Waals surface area contributed by atoms with Crippen LogP contribution in [0.25, 0.3) is 0 Å². The molecule has 2 aromatic carbocycles. The Morgan fingerprint density at radius 1 is 1.15 bits per heavy atom. The summed E-state index contributed by atoms with van der Waals surface area (Å²) in [6, 6.07) is 12.5. The molecule has 2 rings (SSSR count). The van der Waals surface area contributed by atoms with Gasteiger partial charge < -0.3 is 4.74 Å². The summed E-state index contributed by atoms with van der Waals surface area (Å²) in [5.41, 5.74) is 1.74. The molecule has 20 heavy (non-hydrogen) atoms. The lowest BCUT2D eigenvalue weighted by Gasteiger charge is -2.17. The predicted octanol–water partition coefficient (Wildman–Crippen LogP) is 5.87. The van der Waals surface area contributed by atoms with Gasteiger partial charge in [0.25, 0.3) is 0 Å². The van der Waals surface area contributed by atoms with Crippen LogP contribution < -0.4 is 4.74 Å². The van der Waals surface area contributed by atoms with Crippen molar-refractivity contribution in [1.82, 2.24) is 0 Å². The zero-order chi connectivity index (χ0) is 14.5. The van der Waals surface area contributed by atoms with Crippen LogP contribution in [0.1, 0.15) is 37.3 Å². The van der Waals surface area contributed by atoms with Gasteiger partial charge >= 0.3 is 0 Å². The van der Waals surface area contributed by atoms with Crippen molar-refractivity contribution in [2.45, 2.75) is 32.1 Å². The molecule has 1 atom stereocenters. The minimum Gasteiger partial charge on any atom is -0.454 e. The topological polar surface area (TPSA) is 9.23 Å².